The Morgan fingerprint density at radius 2 is 1.82 bits per heavy atom. The number of para-hydroxylation sites is 1. The number of carbonyl (C=O) groups is 1. The summed E-state index contributed by atoms with van der Waals surface area (Å²) in [5, 5.41) is 2.52. The number of rotatable bonds is 5. The van der Waals surface area contributed by atoms with Crippen molar-refractivity contribution in [3.63, 3.8) is 0 Å². The number of nitrogens with zero attached hydrogens (tertiary/aromatic N) is 1. The molecule has 0 aliphatic rings. The Morgan fingerprint density at radius 1 is 1.18 bits per heavy atom. The molecule has 0 atom stereocenters. The fourth-order valence-corrected chi connectivity index (χ4v) is 2.18. The molecule has 0 unspecified atom stereocenters. The van der Waals surface area contributed by atoms with Crippen LogP contribution in [0.1, 0.15) is 10.4 Å². The number of benzene rings is 2. The normalized spacial score (nSPS) is 10.4. The number of halogens is 3. The summed E-state index contributed by atoms with van der Waals surface area (Å²) in [6, 6.07) is 11.3. The zero-order valence-corrected chi connectivity index (χ0v) is 12.7. The number of amides is 1. The van der Waals surface area contributed by atoms with Crippen LogP contribution in [0.2, 0.25) is 5.02 Å². The van der Waals surface area contributed by atoms with E-state index in [9.17, 15) is 13.6 Å². The third kappa shape index (κ3) is 3.95. The van der Waals surface area contributed by atoms with Crippen molar-refractivity contribution in [2.45, 2.75) is 0 Å². The molecule has 0 saturated carbocycles. The van der Waals surface area contributed by atoms with Crippen molar-refractivity contribution in [2.75, 3.05) is 25.0 Å². The van der Waals surface area contributed by atoms with E-state index in [0.29, 0.717) is 13.1 Å². The Morgan fingerprint density at radius 3 is 2.50 bits per heavy atom. The molecule has 1 N–H and O–H groups in total. The monoisotopic (exact) mass is 324 g/mol. The van der Waals surface area contributed by atoms with Crippen LogP contribution in [0.3, 0.4) is 0 Å². The van der Waals surface area contributed by atoms with Crippen LogP contribution in [0.4, 0.5) is 14.5 Å². The maximum Gasteiger partial charge on any atom is 0.252 e. The molecule has 3 nitrogen and oxygen atoms in total. The molecule has 22 heavy (non-hydrogen) atoms. The first-order valence-electron chi connectivity index (χ1n) is 6.68. The maximum absolute atomic E-state index is 13.2. The summed E-state index contributed by atoms with van der Waals surface area (Å²) in [6.45, 7) is 0.913. The van der Waals surface area contributed by atoms with Gasteiger partial charge in [0, 0.05) is 25.8 Å². The molecule has 1 amide bonds. The van der Waals surface area contributed by atoms with E-state index in [0.717, 1.165) is 17.8 Å². The highest BCUT2D eigenvalue weighted by atomic mass is 35.5. The number of nitrogens with one attached hydrogen (secondary N) is 1. The second-order valence-corrected chi connectivity index (χ2v) is 5.17. The first-order chi connectivity index (χ1) is 10.5. The first-order valence-corrected chi connectivity index (χ1v) is 7.06. The Bertz CT molecular complexity index is 665. The van der Waals surface area contributed by atoms with E-state index >= 15 is 0 Å². The van der Waals surface area contributed by atoms with Gasteiger partial charge in [-0.1, -0.05) is 29.8 Å². The van der Waals surface area contributed by atoms with Crippen molar-refractivity contribution in [2.24, 2.45) is 0 Å². The third-order valence-corrected chi connectivity index (χ3v) is 3.50. The van der Waals surface area contributed by atoms with Gasteiger partial charge in [0.15, 0.2) is 11.6 Å². The molecule has 0 aromatic heterocycles. The lowest BCUT2D eigenvalue weighted by Gasteiger charge is -2.19. The molecule has 2 rings (SSSR count). The lowest BCUT2D eigenvalue weighted by molar-refractivity contribution is 0.0954. The molecule has 0 saturated heterocycles. The third-order valence-electron chi connectivity index (χ3n) is 3.18. The second-order valence-electron chi connectivity index (χ2n) is 4.76. The predicted octanol–water partition coefficient (Wildman–Crippen LogP) is 3.48. The van der Waals surface area contributed by atoms with Crippen LogP contribution in [-0.2, 0) is 0 Å². The lowest BCUT2D eigenvalue weighted by atomic mass is 10.2. The summed E-state index contributed by atoms with van der Waals surface area (Å²) in [5.41, 5.74) is 0.936. The second kappa shape index (κ2) is 7.22. The van der Waals surface area contributed by atoms with Gasteiger partial charge in [-0.05, 0) is 24.3 Å². The molecular weight excluding hydrogens is 310 g/mol. The van der Waals surface area contributed by atoms with E-state index in [2.05, 4.69) is 5.32 Å². The number of hydrogen-bond donors (Lipinski definition) is 1. The Hall–Kier alpha value is -2.14. The van der Waals surface area contributed by atoms with Gasteiger partial charge in [0.05, 0.1) is 10.6 Å². The van der Waals surface area contributed by atoms with E-state index in [1.54, 1.807) is 0 Å². The summed E-state index contributed by atoms with van der Waals surface area (Å²) < 4.78 is 26.1. The summed E-state index contributed by atoms with van der Waals surface area (Å²) in [7, 11) is 1.89. The minimum atomic E-state index is -1.10. The molecule has 0 aliphatic heterocycles. The van der Waals surface area contributed by atoms with Gasteiger partial charge in [0.1, 0.15) is 0 Å². The molecule has 0 bridgehead atoms. The van der Waals surface area contributed by atoms with Gasteiger partial charge in [-0.15, -0.1) is 0 Å². The minimum absolute atomic E-state index is 0.0806. The van der Waals surface area contributed by atoms with Crippen molar-refractivity contribution >= 4 is 23.2 Å². The van der Waals surface area contributed by atoms with Gasteiger partial charge in [0.2, 0.25) is 0 Å². The zero-order chi connectivity index (χ0) is 16.1. The smallest absolute Gasteiger partial charge is 0.252 e. The number of carbonyl (C=O) groups excluding carboxylic acids is 1. The maximum atomic E-state index is 13.2. The zero-order valence-electron chi connectivity index (χ0n) is 11.9. The summed E-state index contributed by atoms with van der Waals surface area (Å²) in [5.74, 6) is -2.72. The summed E-state index contributed by atoms with van der Waals surface area (Å²) in [4.78, 5) is 13.9. The fourth-order valence-electron chi connectivity index (χ4n) is 1.94. The molecular formula is C16H15ClF2N2O. The predicted molar refractivity (Wildman–Crippen MR) is 83.4 cm³/mol. The molecule has 0 heterocycles. The Kier molecular flexibility index (Phi) is 5.33. The van der Waals surface area contributed by atoms with Crippen molar-refractivity contribution in [1.82, 2.24) is 5.32 Å². The van der Waals surface area contributed by atoms with Crippen LogP contribution in [-0.4, -0.2) is 26.0 Å². The van der Waals surface area contributed by atoms with Crippen molar-refractivity contribution < 1.29 is 13.6 Å². The highest BCUT2D eigenvalue weighted by Gasteiger charge is 2.14. The van der Waals surface area contributed by atoms with Crippen LogP contribution >= 0.6 is 11.6 Å². The number of anilines is 1. The first kappa shape index (κ1) is 16.2. The Balaban J connectivity index is 1.92. The number of hydrogen-bond acceptors (Lipinski definition) is 2. The van der Waals surface area contributed by atoms with Crippen molar-refractivity contribution in [3.05, 3.63) is 64.7 Å². The van der Waals surface area contributed by atoms with E-state index < -0.39 is 17.5 Å². The molecule has 2 aromatic rings. The molecule has 2 aromatic carbocycles. The fraction of sp³-hybridized carbons (Fsp3) is 0.188. The van der Waals surface area contributed by atoms with Gasteiger partial charge in [-0.3, -0.25) is 4.79 Å². The van der Waals surface area contributed by atoms with Gasteiger partial charge >= 0.3 is 0 Å². The summed E-state index contributed by atoms with van der Waals surface area (Å²) >= 11 is 5.76. The highest BCUT2D eigenvalue weighted by Crippen LogP contribution is 2.19. The van der Waals surface area contributed by atoms with Gasteiger partial charge in [-0.25, -0.2) is 8.78 Å². The lowest BCUT2D eigenvalue weighted by Crippen LogP contribution is -2.33. The van der Waals surface area contributed by atoms with Crippen molar-refractivity contribution in [1.29, 1.82) is 0 Å². The standard InChI is InChI=1S/C16H15ClF2N2O/c1-21(11-5-3-2-4-6-11)8-7-20-16(22)12-9-14(18)15(19)10-13(12)17/h2-6,9-10H,7-8H2,1H3,(H,20,22). The molecule has 0 aliphatic carbocycles. The van der Waals surface area contributed by atoms with Gasteiger partial charge in [0.25, 0.3) is 5.91 Å². The average Bonchev–Trinajstić information content (AvgIpc) is 2.51. The molecule has 0 spiro atoms. The molecule has 0 radical (unpaired) electrons. The van der Waals surface area contributed by atoms with Crippen molar-refractivity contribution in [3.8, 4) is 0 Å². The van der Waals surface area contributed by atoms with Crippen LogP contribution in [0.25, 0.3) is 0 Å². The molecule has 0 fully saturated rings. The van der Waals surface area contributed by atoms with E-state index in [-0.39, 0.29) is 10.6 Å². The summed E-state index contributed by atoms with van der Waals surface area (Å²) in [6.07, 6.45) is 0. The van der Waals surface area contributed by atoms with Crippen LogP contribution in [0.15, 0.2) is 42.5 Å². The van der Waals surface area contributed by atoms with Gasteiger partial charge < -0.3 is 10.2 Å². The Labute approximate surface area is 132 Å². The number of likely N-dealkylation sites (N-methyl/N-ethyl adjacent to an activating group) is 1. The molecule has 116 valence electrons. The quantitative estimate of drug-likeness (QED) is 0.854. The topological polar surface area (TPSA) is 32.3 Å². The SMILES string of the molecule is CN(CCNC(=O)c1cc(F)c(F)cc1Cl)c1ccccc1. The van der Waals surface area contributed by atoms with Crippen LogP contribution < -0.4 is 10.2 Å². The molecule has 6 heteroatoms. The van der Waals surface area contributed by atoms with Crippen LogP contribution in [0, 0.1) is 11.6 Å². The largest absolute Gasteiger partial charge is 0.373 e. The van der Waals surface area contributed by atoms with E-state index in [1.165, 1.54) is 0 Å². The minimum Gasteiger partial charge on any atom is -0.373 e. The van der Waals surface area contributed by atoms with Crippen LogP contribution in [0.5, 0.6) is 0 Å². The van der Waals surface area contributed by atoms with E-state index in [1.807, 2.05) is 42.3 Å². The van der Waals surface area contributed by atoms with E-state index in [4.69, 9.17) is 11.6 Å². The van der Waals surface area contributed by atoms with Gasteiger partial charge in [-0.2, -0.15) is 0 Å². The highest BCUT2D eigenvalue weighted by molar-refractivity contribution is 6.33. The average molecular weight is 325 g/mol.